The minimum atomic E-state index is -0.0201. The predicted octanol–water partition coefficient (Wildman–Crippen LogP) is 3.76. The van der Waals surface area contributed by atoms with E-state index >= 15 is 0 Å². The summed E-state index contributed by atoms with van der Waals surface area (Å²) in [6, 6.07) is 11.8. The maximum Gasteiger partial charge on any atom is 0.231 e. The van der Waals surface area contributed by atoms with Gasteiger partial charge in [0.1, 0.15) is 0 Å². The highest BCUT2D eigenvalue weighted by atomic mass is 16.7. The van der Waals surface area contributed by atoms with Crippen molar-refractivity contribution in [3.63, 3.8) is 0 Å². The fraction of sp³-hybridized carbons (Fsp3) is 0.200. The Hall–Kier alpha value is -2.92. The molecule has 0 saturated carbocycles. The van der Waals surface area contributed by atoms with Gasteiger partial charge in [-0.3, -0.25) is 0 Å². The van der Waals surface area contributed by atoms with E-state index in [-0.39, 0.29) is 20.2 Å². The summed E-state index contributed by atoms with van der Waals surface area (Å²) < 4.78 is 22.3. The van der Waals surface area contributed by atoms with Crippen molar-refractivity contribution in [3.05, 3.63) is 47.5 Å². The molecule has 126 valence electrons. The molecule has 3 aromatic rings. The van der Waals surface area contributed by atoms with Crippen molar-refractivity contribution in [2.45, 2.75) is 13.5 Å². The molecule has 0 fully saturated rings. The molecule has 1 N–H and O–H groups in total. The Balaban J connectivity index is 1.86. The van der Waals surface area contributed by atoms with Gasteiger partial charge in [0.2, 0.25) is 13.6 Å². The Morgan fingerprint density at radius 1 is 0.880 bits per heavy atom. The lowest BCUT2D eigenvalue weighted by Crippen LogP contribution is -1.96. The second-order valence-corrected chi connectivity index (χ2v) is 6.16. The van der Waals surface area contributed by atoms with Gasteiger partial charge in [0.25, 0.3) is 0 Å². The van der Waals surface area contributed by atoms with Gasteiger partial charge in [-0.1, -0.05) is 12.1 Å². The molecule has 2 heterocycles. The maximum absolute atomic E-state index is 9.80. The second kappa shape index (κ2) is 5.29. The van der Waals surface area contributed by atoms with Gasteiger partial charge in [0.15, 0.2) is 23.0 Å². The number of aliphatic hydroxyl groups excluding tert-OH is 1. The average Bonchev–Trinajstić information content (AvgIpc) is 3.29. The van der Waals surface area contributed by atoms with E-state index in [4.69, 9.17) is 18.9 Å². The molecular formula is C20H16O5. The zero-order valence-corrected chi connectivity index (χ0v) is 13.7. The van der Waals surface area contributed by atoms with Crippen LogP contribution in [0.4, 0.5) is 0 Å². The fourth-order valence-corrected chi connectivity index (χ4v) is 3.59. The first-order chi connectivity index (χ1) is 12.3. The van der Waals surface area contributed by atoms with Gasteiger partial charge in [-0.05, 0) is 58.8 Å². The van der Waals surface area contributed by atoms with E-state index < -0.39 is 0 Å². The van der Waals surface area contributed by atoms with Gasteiger partial charge in [-0.2, -0.15) is 0 Å². The highest BCUT2D eigenvalue weighted by Gasteiger charge is 2.23. The summed E-state index contributed by atoms with van der Waals surface area (Å²) in [7, 11) is 0. The Morgan fingerprint density at radius 2 is 1.64 bits per heavy atom. The first kappa shape index (κ1) is 14.4. The molecule has 25 heavy (non-hydrogen) atoms. The van der Waals surface area contributed by atoms with Gasteiger partial charge >= 0.3 is 0 Å². The topological polar surface area (TPSA) is 57.2 Å². The summed E-state index contributed by atoms with van der Waals surface area (Å²) >= 11 is 0. The molecule has 0 aliphatic carbocycles. The molecule has 5 nitrogen and oxygen atoms in total. The fourth-order valence-electron chi connectivity index (χ4n) is 3.59. The van der Waals surface area contributed by atoms with Crippen LogP contribution in [0.15, 0.2) is 36.4 Å². The van der Waals surface area contributed by atoms with Crippen LogP contribution in [-0.4, -0.2) is 18.7 Å². The van der Waals surface area contributed by atoms with Crippen LogP contribution in [0.3, 0.4) is 0 Å². The van der Waals surface area contributed by atoms with Crippen molar-refractivity contribution in [1.82, 2.24) is 0 Å². The van der Waals surface area contributed by atoms with E-state index in [1.54, 1.807) is 0 Å². The summed E-state index contributed by atoms with van der Waals surface area (Å²) in [5.74, 6) is 2.96. The van der Waals surface area contributed by atoms with Crippen LogP contribution < -0.4 is 18.9 Å². The standard InChI is InChI=1S/C20H16O5/c1-11-14(8-21)6-12-3-5-16-20(25-10-23-16)19(12)18(11)13-2-4-15-17(7-13)24-9-22-15/h2-7,21H,8-10H2,1H3. The molecule has 0 spiro atoms. The summed E-state index contributed by atoms with van der Waals surface area (Å²) in [4.78, 5) is 0. The third-order valence-corrected chi connectivity index (χ3v) is 4.84. The maximum atomic E-state index is 9.80. The molecule has 0 saturated heterocycles. The highest BCUT2D eigenvalue weighted by molar-refractivity contribution is 6.04. The van der Waals surface area contributed by atoms with E-state index in [0.717, 1.165) is 56.0 Å². The zero-order chi connectivity index (χ0) is 17.0. The molecule has 5 rings (SSSR count). The molecule has 0 unspecified atom stereocenters. The first-order valence-electron chi connectivity index (χ1n) is 8.12. The summed E-state index contributed by atoms with van der Waals surface area (Å²) in [6.07, 6.45) is 0. The van der Waals surface area contributed by atoms with Crippen molar-refractivity contribution >= 4 is 10.8 Å². The zero-order valence-electron chi connectivity index (χ0n) is 13.7. The van der Waals surface area contributed by atoms with Gasteiger partial charge in [-0.15, -0.1) is 0 Å². The number of benzene rings is 3. The van der Waals surface area contributed by atoms with Crippen molar-refractivity contribution in [2.24, 2.45) is 0 Å². The van der Waals surface area contributed by atoms with Crippen LogP contribution >= 0.6 is 0 Å². The van der Waals surface area contributed by atoms with E-state index in [1.165, 1.54) is 0 Å². The largest absolute Gasteiger partial charge is 0.454 e. The Morgan fingerprint density at radius 3 is 2.52 bits per heavy atom. The molecule has 2 aliphatic rings. The number of fused-ring (bicyclic) bond motifs is 4. The smallest absolute Gasteiger partial charge is 0.231 e. The quantitative estimate of drug-likeness (QED) is 0.772. The molecule has 0 aromatic heterocycles. The van der Waals surface area contributed by atoms with Crippen molar-refractivity contribution in [1.29, 1.82) is 0 Å². The lowest BCUT2D eigenvalue weighted by molar-refractivity contribution is 0.174. The monoisotopic (exact) mass is 336 g/mol. The predicted molar refractivity (Wildman–Crippen MR) is 92.3 cm³/mol. The lowest BCUT2D eigenvalue weighted by Gasteiger charge is -2.16. The summed E-state index contributed by atoms with van der Waals surface area (Å²) in [6.45, 7) is 2.45. The van der Waals surface area contributed by atoms with Gasteiger partial charge in [-0.25, -0.2) is 0 Å². The molecule has 2 aliphatic heterocycles. The number of ether oxygens (including phenoxy) is 4. The van der Waals surface area contributed by atoms with Crippen LogP contribution in [0.5, 0.6) is 23.0 Å². The van der Waals surface area contributed by atoms with E-state index in [2.05, 4.69) is 0 Å². The molecular weight excluding hydrogens is 320 g/mol. The van der Waals surface area contributed by atoms with Crippen molar-refractivity contribution in [2.75, 3.05) is 13.6 Å². The summed E-state index contributed by atoms with van der Waals surface area (Å²) in [5, 5.41) is 11.8. The molecule has 5 heteroatoms. The number of hydrogen-bond donors (Lipinski definition) is 1. The van der Waals surface area contributed by atoms with E-state index in [1.807, 2.05) is 43.3 Å². The molecule has 0 amide bonds. The summed E-state index contributed by atoms with van der Waals surface area (Å²) in [5.41, 5.74) is 3.91. The van der Waals surface area contributed by atoms with Crippen molar-refractivity contribution in [3.8, 4) is 34.1 Å². The normalized spacial score (nSPS) is 14.3. The Kier molecular flexibility index (Phi) is 3.05. The van der Waals surface area contributed by atoms with Crippen LogP contribution in [0.2, 0.25) is 0 Å². The Bertz CT molecular complexity index is 1010. The molecule has 0 bridgehead atoms. The molecule has 0 radical (unpaired) electrons. The second-order valence-electron chi connectivity index (χ2n) is 6.16. The third kappa shape index (κ3) is 2.06. The highest BCUT2D eigenvalue weighted by Crippen LogP contribution is 2.47. The number of hydrogen-bond acceptors (Lipinski definition) is 5. The van der Waals surface area contributed by atoms with Crippen LogP contribution in [0.1, 0.15) is 11.1 Å². The van der Waals surface area contributed by atoms with Crippen LogP contribution in [0, 0.1) is 6.92 Å². The molecule has 3 aromatic carbocycles. The van der Waals surface area contributed by atoms with Crippen molar-refractivity contribution < 1.29 is 24.1 Å². The van der Waals surface area contributed by atoms with Gasteiger partial charge in [0.05, 0.1) is 6.61 Å². The van der Waals surface area contributed by atoms with Gasteiger partial charge in [0, 0.05) is 5.39 Å². The lowest BCUT2D eigenvalue weighted by atomic mass is 9.89. The first-order valence-corrected chi connectivity index (χ1v) is 8.12. The van der Waals surface area contributed by atoms with E-state index in [9.17, 15) is 5.11 Å². The Labute approximate surface area is 144 Å². The van der Waals surface area contributed by atoms with Crippen LogP contribution in [-0.2, 0) is 6.61 Å². The minimum Gasteiger partial charge on any atom is -0.454 e. The molecule has 0 atom stereocenters. The SMILES string of the molecule is Cc1c(CO)cc2ccc3c(c2c1-c1ccc2c(c1)OCO2)OCO3. The van der Waals surface area contributed by atoms with Crippen LogP contribution in [0.25, 0.3) is 21.9 Å². The van der Waals surface area contributed by atoms with Gasteiger partial charge < -0.3 is 24.1 Å². The average molecular weight is 336 g/mol. The van der Waals surface area contributed by atoms with E-state index in [0.29, 0.717) is 0 Å². The number of aliphatic hydroxyl groups is 1. The minimum absolute atomic E-state index is 0.0201. The number of rotatable bonds is 2. The third-order valence-electron chi connectivity index (χ3n) is 4.84.